The van der Waals surface area contributed by atoms with Crippen LogP contribution in [0.2, 0.25) is 0 Å². The van der Waals surface area contributed by atoms with E-state index in [2.05, 4.69) is 0 Å². The van der Waals surface area contributed by atoms with E-state index in [1.54, 1.807) is 4.90 Å². The number of carbonyl (C=O) groups is 2. The van der Waals surface area contributed by atoms with Crippen molar-refractivity contribution in [3.8, 4) is 0 Å². The Morgan fingerprint density at radius 1 is 1.42 bits per heavy atom. The first-order valence-corrected chi connectivity index (χ1v) is 6.27. The monoisotopic (exact) mass is 263 g/mol. The first-order valence-electron chi connectivity index (χ1n) is 6.27. The predicted octanol–water partition coefficient (Wildman–Crippen LogP) is 2.18. The smallest absolute Gasteiger partial charge is 0.410 e. The van der Waals surface area contributed by atoms with Crippen LogP contribution in [0.1, 0.15) is 24.0 Å². The molecular weight excluding hydrogens is 246 g/mol. The second kappa shape index (κ2) is 5.73. The molecular formula is C14H17NO4. The van der Waals surface area contributed by atoms with Crippen LogP contribution in [-0.2, 0) is 16.1 Å². The van der Waals surface area contributed by atoms with Gasteiger partial charge in [0.05, 0.1) is 6.42 Å². The molecule has 1 aromatic carbocycles. The van der Waals surface area contributed by atoms with Gasteiger partial charge in [0, 0.05) is 19.5 Å². The molecule has 2 rings (SSSR count). The van der Waals surface area contributed by atoms with Crippen LogP contribution in [0, 0.1) is 6.92 Å². The molecule has 1 N–H and O–H groups in total. The zero-order valence-corrected chi connectivity index (χ0v) is 10.8. The molecule has 1 unspecified atom stereocenters. The Morgan fingerprint density at radius 3 is 2.68 bits per heavy atom. The fourth-order valence-electron chi connectivity index (χ4n) is 2.06. The van der Waals surface area contributed by atoms with Crippen molar-refractivity contribution in [2.24, 2.45) is 0 Å². The molecule has 0 bridgehead atoms. The first-order chi connectivity index (χ1) is 9.04. The minimum Gasteiger partial charge on any atom is -0.481 e. The second-order valence-corrected chi connectivity index (χ2v) is 4.80. The fraction of sp³-hybridized carbons (Fsp3) is 0.429. The Morgan fingerprint density at radius 2 is 2.11 bits per heavy atom. The average Bonchev–Trinajstić information content (AvgIpc) is 2.34. The highest BCUT2D eigenvalue weighted by atomic mass is 16.6. The van der Waals surface area contributed by atoms with E-state index in [1.165, 1.54) is 5.56 Å². The van der Waals surface area contributed by atoms with E-state index >= 15 is 0 Å². The van der Waals surface area contributed by atoms with Crippen LogP contribution in [0.15, 0.2) is 24.3 Å². The molecule has 1 aliphatic heterocycles. The fourth-order valence-corrected chi connectivity index (χ4v) is 2.06. The highest BCUT2D eigenvalue weighted by Crippen LogP contribution is 2.17. The van der Waals surface area contributed by atoms with Crippen LogP contribution in [0.25, 0.3) is 0 Å². The van der Waals surface area contributed by atoms with Crippen LogP contribution in [0.3, 0.4) is 0 Å². The van der Waals surface area contributed by atoms with Gasteiger partial charge in [-0.25, -0.2) is 4.79 Å². The van der Waals surface area contributed by atoms with Gasteiger partial charge >= 0.3 is 12.1 Å². The maximum Gasteiger partial charge on any atom is 0.410 e. The lowest BCUT2D eigenvalue weighted by molar-refractivity contribution is -0.139. The molecule has 0 radical (unpaired) electrons. The molecule has 5 nitrogen and oxygen atoms in total. The Bertz CT molecular complexity index is 469. The van der Waals surface area contributed by atoms with Gasteiger partial charge in [0.2, 0.25) is 0 Å². The number of carboxylic acid groups (broad SMARTS) is 1. The summed E-state index contributed by atoms with van der Waals surface area (Å²) < 4.78 is 5.11. The number of aryl methyl sites for hydroxylation is 1. The third kappa shape index (κ3) is 3.71. The summed E-state index contributed by atoms with van der Waals surface area (Å²) in [6, 6.07) is 7.95. The molecule has 0 aromatic heterocycles. The first kappa shape index (κ1) is 13.4. The highest BCUT2D eigenvalue weighted by molar-refractivity contribution is 5.71. The van der Waals surface area contributed by atoms with Gasteiger partial charge in [-0.05, 0) is 12.5 Å². The number of benzene rings is 1. The molecule has 102 valence electrons. The quantitative estimate of drug-likeness (QED) is 0.904. The van der Waals surface area contributed by atoms with E-state index in [1.807, 2.05) is 31.2 Å². The summed E-state index contributed by atoms with van der Waals surface area (Å²) >= 11 is 0. The van der Waals surface area contributed by atoms with E-state index in [4.69, 9.17) is 9.84 Å². The second-order valence-electron chi connectivity index (χ2n) is 4.80. The van der Waals surface area contributed by atoms with Gasteiger partial charge in [-0.1, -0.05) is 29.8 Å². The lowest BCUT2D eigenvalue weighted by atomic mass is 10.1. The zero-order valence-electron chi connectivity index (χ0n) is 10.8. The van der Waals surface area contributed by atoms with Crippen molar-refractivity contribution in [1.82, 2.24) is 4.90 Å². The van der Waals surface area contributed by atoms with Gasteiger partial charge < -0.3 is 14.7 Å². The molecule has 1 fully saturated rings. The number of nitrogens with zero attached hydrogens (tertiary/aromatic N) is 1. The normalized spacial score (nSPS) is 19.1. The number of amides is 1. The summed E-state index contributed by atoms with van der Waals surface area (Å²) in [4.78, 5) is 23.9. The van der Waals surface area contributed by atoms with E-state index in [0.29, 0.717) is 19.5 Å². The number of ether oxygens (including phenoxy) is 1. The Kier molecular flexibility index (Phi) is 4.04. The van der Waals surface area contributed by atoms with Gasteiger partial charge in [-0.15, -0.1) is 0 Å². The number of hydrogen-bond acceptors (Lipinski definition) is 3. The Labute approximate surface area is 111 Å². The largest absolute Gasteiger partial charge is 0.481 e. The van der Waals surface area contributed by atoms with Crippen LogP contribution < -0.4 is 0 Å². The third-order valence-electron chi connectivity index (χ3n) is 3.14. The van der Waals surface area contributed by atoms with Gasteiger partial charge in [0.15, 0.2) is 0 Å². The van der Waals surface area contributed by atoms with Crippen molar-refractivity contribution in [3.05, 3.63) is 35.4 Å². The highest BCUT2D eigenvalue weighted by Gasteiger charge is 2.28. The Hall–Kier alpha value is -2.04. The predicted molar refractivity (Wildman–Crippen MR) is 68.7 cm³/mol. The number of hydrogen-bond donors (Lipinski definition) is 1. The van der Waals surface area contributed by atoms with E-state index in [9.17, 15) is 9.59 Å². The molecule has 0 spiro atoms. The minimum absolute atomic E-state index is 0.121. The summed E-state index contributed by atoms with van der Waals surface area (Å²) in [7, 11) is 0. The molecule has 5 heteroatoms. The number of carboxylic acids is 1. The zero-order chi connectivity index (χ0) is 13.8. The van der Waals surface area contributed by atoms with Crippen molar-refractivity contribution in [3.63, 3.8) is 0 Å². The van der Waals surface area contributed by atoms with Crippen molar-refractivity contribution in [1.29, 1.82) is 0 Å². The number of aliphatic carboxylic acids is 1. The summed E-state index contributed by atoms with van der Waals surface area (Å²) in [6.45, 7) is 3.04. The summed E-state index contributed by atoms with van der Waals surface area (Å²) in [5, 5.41) is 8.67. The van der Waals surface area contributed by atoms with Gasteiger partial charge in [-0.3, -0.25) is 4.79 Å². The number of carbonyl (C=O) groups excluding carboxylic acids is 1. The van der Waals surface area contributed by atoms with Crippen molar-refractivity contribution < 1.29 is 19.4 Å². The molecule has 1 amide bonds. The van der Waals surface area contributed by atoms with Crippen LogP contribution in [0.4, 0.5) is 4.79 Å². The lowest BCUT2D eigenvalue weighted by Gasteiger charge is -2.31. The molecule has 0 aliphatic carbocycles. The summed E-state index contributed by atoms with van der Waals surface area (Å²) in [5.41, 5.74) is 2.21. The summed E-state index contributed by atoms with van der Waals surface area (Å²) in [6.07, 6.45) is -0.495. The van der Waals surface area contributed by atoms with Crippen LogP contribution >= 0.6 is 0 Å². The van der Waals surface area contributed by atoms with Crippen molar-refractivity contribution in [2.45, 2.75) is 32.4 Å². The van der Waals surface area contributed by atoms with E-state index in [0.717, 1.165) is 5.56 Å². The topological polar surface area (TPSA) is 66.8 Å². The third-order valence-corrected chi connectivity index (χ3v) is 3.14. The van der Waals surface area contributed by atoms with E-state index in [-0.39, 0.29) is 6.42 Å². The summed E-state index contributed by atoms with van der Waals surface area (Å²) in [5.74, 6) is -0.940. The maximum absolute atomic E-state index is 11.8. The molecule has 1 aliphatic rings. The number of cyclic esters (lactones) is 1. The minimum atomic E-state index is -0.940. The molecule has 1 heterocycles. The maximum atomic E-state index is 11.8. The molecule has 0 saturated carbocycles. The van der Waals surface area contributed by atoms with Crippen molar-refractivity contribution in [2.75, 3.05) is 6.54 Å². The van der Waals surface area contributed by atoms with Crippen LogP contribution in [-0.4, -0.2) is 34.7 Å². The van der Waals surface area contributed by atoms with E-state index < -0.39 is 18.2 Å². The number of rotatable bonds is 4. The van der Waals surface area contributed by atoms with Crippen molar-refractivity contribution >= 4 is 12.1 Å². The van der Waals surface area contributed by atoms with Gasteiger partial charge in [0.1, 0.15) is 6.10 Å². The molecule has 1 aromatic rings. The standard InChI is InChI=1S/C14H17NO4/c1-10-2-4-11(5-3-10)9-15-7-6-12(8-13(16)17)19-14(15)18/h2-5,12H,6-9H2,1H3,(H,16,17). The Balaban J connectivity index is 1.91. The SMILES string of the molecule is Cc1ccc(CN2CCC(CC(=O)O)OC2=O)cc1. The van der Waals surface area contributed by atoms with Crippen LogP contribution in [0.5, 0.6) is 0 Å². The van der Waals surface area contributed by atoms with Gasteiger partial charge in [0.25, 0.3) is 0 Å². The average molecular weight is 263 g/mol. The lowest BCUT2D eigenvalue weighted by Crippen LogP contribution is -2.42. The van der Waals surface area contributed by atoms with Gasteiger partial charge in [-0.2, -0.15) is 0 Å². The molecule has 1 atom stereocenters. The molecule has 1 saturated heterocycles. The molecule has 19 heavy (non-hydrogen) atoms.